The van der Waals surface area contributed by atoms with Gasteiger partial charge in [-0.1, -0.05) is 0 Å². The highest BCUT2D eigenvalue weighted by atomic mass is 16.5. The van der Waals surface area contributed by atoms with Crippen molar-refractivity contribution in [2.75, 3.05) is 0 Å². The zero-order chi connectivity index (χ0) is 11.1. The lowest BCUT2D eigenvalue weighted by molar-refractivity contribution is 0.125. The molecule has 0 aliphatic heterocycles. The molecule has 0 aliphatic rings. The zero-order valence-electron chi connectivity index (χ0n) is 8.08. The van der Waals surface area contributed by atoms with Gasteiger partial charge in [-0.25, -0.2) is 0 Å². The molecule has 1 N–H and O–H groups in total. The van der Waals surface area contributed by atoms with Crippen LogP contribution >= 0.6 is 0 Å². The van der Waals surface area contributed by atoms with Crippen LogP contribution in [-0.4, -0.2) is 10.7 Å². The predicted molar refractivity (Wildman–Crippen MR) is 49.7 cm³/mol. The number of rotatable bonds is 1. The maximum atomic E-state index is 11.1. The number of hydrogen-bond acceptors (Lipinski definition) is 5. The molecule has 1 aromatic rings. The summed E-state index contributed by atoms with van der Waals surface area (Å²) in [6.07, 6.45) is 0. The van der Waals surface area contributed by atoms with E-state index in [1.165, 1.54) is 0 Å². The van der Waals surface area contributed by atoms with Gasteiger partial charge in [-0.05, 0) is 20.8 Å². The SMILES string of the molecule is CC(C)(C)Oc1c(O)c(=O)c(=O)c1=O. The maximum Gasteiger partial charge on any atom is 0.280 e. The number of ether oxygens (including phenoxy) is 1. The van der Waals surface area contributed by atoms with Gasteiger partial charge in [0, 0.05) is 0 Å². The molecule has 0 heterocycles. The molecule has 1 aromatic carbocycles. The highest BCUT2D eigenvalue weighted by molar-refractivity contribution is 5.40. The molecule has 0 saturated carbocycles. The van der Waals surface area contributed by atoms with Crippen LogP contribution in [-0.2, 0) is 0 Å². The van der Waals surface area contributed by atoms with E-state index in [0.717, 1.165) is 0 Å². The topological polar surface area (TPSA) is 80.7 Å². The Morgan fingerprint density at radius 2 is 1.50 bits per heavy atom. The molecular weight excluding hydrogens is 188 g/mol. The number of aromatic hydroxyl groups is 1. The van der Waals surface area contributed by atoms with Crippen molar-refractivity contribution in [2.45, 2.75) is 26.4 Å². The molecule has 0 spiro atoms. The highest BCUT2D eigenvalue weighted by Crippen LogP contribution is 2.20. The first-order valence-electron chi connectivity index (χ1n) is 3.99. The van der Waals surface area contributed by atoms with Gasteiger partial charge in [-0.2, -0.15) is 0 Å². The Morgan fingerprint density at radius 3 is 1.79 bits per heavy atom. The van der Waals surface area contributed by atoms with Crippen LogP contribution < -0.4 is 21.0 Å². The molecule has 0 fully saturated rings. The van der Waals surface area contributed by atoms with Crippen molar-refractivity contribution in [1.82, 2.24) is 0 Å². The summed E-state index contributed by atoms with van der Waals surface area (Å²) in [5, 5.41) is 9.13. The van der Waals surface area contributed by atoms with E-state index in [2.05, 4.69) is 0 Å². The van der Waals surface area contributed by atoms with Crippen molar-refractivity contribution in [2.24, 2.45) is 0 Å². The molecule has 0 aliphatic carbocycles. The second-order valence-corrected chi connectivity index (χ2v) is 3.88. The van der Waals surface area contributed by atoms with Crippen molar-refractivity contribution in [1.29, 1.82) is 0 Å². The van der Waals surface area contributed by atoms with Crippen molar-refractivity contribution < 1.29 is 9.84 Å². The average Bonchev–Trinajstić information content (AvgIpc) is 2.20. The van der Waals surface area contributed by atoms with Crippen LogP contribution in [0.15, 0.2) is 14.4 Å². The second-order valence-electron chi connectivity index (χ2n) is 3.88. The fourth-order valence-corrected chi connectivity index (χ4v) is 0.925. The lowest BCUT2D eigenvalue weighted by atomic mass is 10.2. The molecule has 5 heteroatoms. The van der Waals surface area contributed by atoms with Gasteiger partial charge in [0.2, 0.25) is 11.5 Å². The van der Waals surface area contributed by atoms with Crippen molar-refractivity contribution in [3.8, 4) is 11.5 Å². The quantitative estimate of drug-likeness (QED) is 0.617. The minimum absolute atomic E-state index is 0.549. The summed E-state index contributed by atoms with van der Waals surface area (Å²) in [6, 6.07) is 0. The van der Waals surface area contributed by atoms with E-state index in [1.807, 2.05) is 0 Å². The highest BCUT2D eigenvalue weighted by Gasteiger charge is 2.24. The van der Waals surface area contributed by atoms with Crippen LogP contribution in [0, 0.1) is 0 Å². The van der Waals surface area contributed by atoms with Gasteiger partial charge in [0.15, 0.2) is 0 Å². The minimum atomic E-state index is -1.25. The Hall–Kier alpha value is -1.65. The van der Waals surface area contributed by atoms with Crippen molar-refractivity contribution in [3.05, 3.63) is 30.7 Å². The monoisotopic (exact) mass is 198 g/mol. The predicted octanol–water partition coefficient (Wildman–Crippen LogP) is -0.474. The van der Waals surface area contributed by atoms with Crippen LogP contribution in [0.25, 0.3) is 0 Å². The largest absolute Gasteiger partial charge is 0.501 e. The van der Waals surface area contributed by atoms with Gasteiger partial charge in [0.05, 0.1) is 0 Å². The van der Waals surface area contributed by atoms with Crippen LogP contribution in [0.2, 0.25) is 0 Å². The average molecular weight is 198 g/mol. The third-order valence-electron chi connectivity index (χ3n) is 1.46. The third-order valence-corrected chi connectivity index (χ3v) is 1.46. The summed E-state index contributed by atoms with van der Waals surface area (Å²) in [5.41, 5.74) is -4.28. The summed E-state index contributed by atoms with van der Waals surface area (Å²) in [6.45, 7) is 4.90. The summed E-state index contributed by atoms with van der Waals surface area (Å²) >= 11 is 0. The van der Waals surface area contributed by atoms with E-state index in [0.29, 0.717) is 0 Å². The fraction of sp³-hybridized carbons (Fsp3) is 0.444. The lowest BCUT2D eigenvalue weighted by Gasteiger charge is -2.19. The zero-order valence-corrected chi connectivity index (χ0v) is 8.08. The van der Waals surface area contributed by atoms with Gasteiger partial charge in [0.1, 0.15) is 5.60 Å². The van der Waals surface area contributed by atoms with E-state index in [9.17, 15) is 14.4 Å². The van der Waals surface area contributed by atoms with E-state index in [1.54, 1.807) is 20.8 Å². The molecule has 0 unspecified atom stereocenters. The van der Waals surface area contributed by atoms with Crippen LogP contribution in [0.1, 0.15) is 20.8 Å². The molecule has 0 saturated heterocycles. The Kier molecular flexibility index (Phi) is 2.19. The van der Waals surface area contributed by atoms with Gasteiger partial charge >= 0.3 is 0 Å². The molecule has 0 aromatic heterocycles. The van der Waals surface area contributed by atoms with E-state index >= 15 is 0 Å². The third kappa shape index (κ3) is 1.66. The van der Waals surface area contributed by atoms with Crippen LogP contribution in [0.5, 0.6) is 11.5 Å². The van der Waals surface area contributed by atoms with Crippen LogP contribution in [0.4, 0.5) is 0 Å². The molecule has 76 valence electrons. The Bertz CT molecular complexity index is 485. The molecule has 0 bridgehead atoms. The van der Waals surface area contributed by atoms with Gasteiger partial charge < -0.3 is 9.84 Å². The van der Waals surface area contributed by atoms with E-state index in [-0.39, 0.29) is 0 Å². The molecule has 14 heavy (non-hydrogen) atoms. The van der Waals surface area contributed by atoms with Gasteiger partial charge in [-0.3, -0.25) is 14.4 Å². The summed E-state index contributed by atoms with van der Waals surface area (Å²) in [7, 11) is 0. The van der Waals surface area contributed by atoms with Crippen LogP contribution in [0.3, 0.4) is 0 Å². The van der Waals surface area contributed by atoms with Crippen molar-refractivity contribution in [3.63, 3.8) is 0 Å². The summed E-state index contributed by atoms with van der Waals surface area (Å²) < 4.78 is 5.00. The fourth-order valence-electron chi connectivity index (χ4n) is 0.925. The second kappa shape index (κ2) is 2.94. The molecular formula is C9H10O5. The molecule has 0 radical (unpaired) electrons. The molecule has 1 rings (SSSR count). The van der Waals surface area contributed by atoms with Gasteiger partial charge in [0.25, 0.3) is 16.3 Å². The molecule has 5 nitrogen and oxygen atoms in total. The summed E-state index contributed by atoms with van der Waals surface area (Å²) in [5.74, 6) is -1.44. The Morgan fingerprint density at radius 1 is 1.00 bits per heavy atom. The first-order chi connectivity index (χ1) is 6.24. The smallest absolute Gasteiger partial charge is 0.280 e. The molecule has 0 atom stereocenters. The van der Waals surface area contributed by atoms with E-state index in [4.69, 9.17) is 9.84 Å². The molecule has 0 amide bonds. The lowest BCUT2D eigenvalue weighted by Crippen LogP contribution is -2.31. The Labute approximate surface area is 79.3 Å². The van der Waals surface area contributed by atoms with Gasteiger partial charge in [-0.15, -0.1) is 0 Å². The Balaban J connectivity index is 3.38. The number of hydrogen-bond donors (Lipinski definition) is 1. The first kappa shape index (κ1) is 10.4. The first-order valence-corrected chi connectivity index (χ1v) is 3.99. The maximum absolute atomic E-state index is 11.1. The normalized spacial score (nSPS) is 11.6. The minimum Gasteiger partial charge on any atom is -0.501 e. The van der Waals surface area contributed by atoms with Crippen molar-refractivity contribution >= 4 is 0 Å². The standard InChI is InChI=1S/C9H10O5/c1-9(2,3)14-8-6(12)4(10)5(11)7(8)13/h12H,1-3H3. The summed E-state index contributed by atoms with van der Waals surface area (Å²) in [4.78, 5) is 32.8. The van der Waals surface area contributed by atoms with E-state index < -0.39 is 33.4 Å².